The van der Waals surface area contributed by atoms with Gasteiger partial charge in [-0.3, -0.25) is 4.98 Å². The molecule has 0 bridgehead atoms. The van der Waals surface area contributed by atoms with E-state index in [1.807, 2.05) is 25.3 Å². The van der Waals surface area contributed by atoms with Gasteiger partial charge < -0.3 is 0 Å². The van der Waals surface area contributed by atoms with Crippen molar-refractivity contribution in [2.45, 2.75) is 13.8 Å². The van der Waals surface area contributed by atoms with E-state index >= 15 is 0 Å². The van der Waals surface area contributed by atoms with Crippen LogP contribution in [0.4, 0.5) is 0 Å². The smallest absolute Gasteiger partial charge is 0.0500 e. The zero-order valence-electron chi connectivity index (χ0n) is 11.7. The number of aromatic nitrogens is 1. The summed E-state index contributed by atoms with van der Waals surface area (Å²) in [5.74, 6) is 18.3. The molecule has 0 aliphatic heterocycles. The van der Waals surface area contributed by atoms with Gasteiger partial charge in [0, 0.05) is 17.0 Å². The molecule has 2 rings (SSSR count). The number of nitrogens with zero attached hydrogens (tertiary/aromatic N) is 1. The van der Waals surface area contributed by atoms with E-state index in [4.69, 9.17) is 6.42 Å². The number of rotatable bonds is 1. The van der Waals surface area contributed by atoms with Gasteiger partial charge in [0.1, 0.15) is 0 Å². The summed E-state index contributed by atoms with van der Waals surface area (Å²) < 4.78 is 0. The monoisotopic (exact) mass is 285 g/mol. The van der Waals surface area contributed by atoms with Crippen LogP contribution in [0.2, 0.25) is 0 Å². The number of hydrogen-bond donors (Lipinski definition) is 0. The molecule has 0 saturated carbocycles. The summed E-state index contributed by atoms with van der Waals surface area (Å²) in [7, 11) is 0. The van der Waals surface area contributed by atoms with Crippen LogP contribution in [0.25, 0.3) is 10.4 Å². The number of terminal acetylenes is 1. The van der Waals surface area contributed by atoms with Gasteiger partial charge in [-0.15, -0.1) is 17.8 Å². The first-order valence-electron chi connectivity index (χ1n) is 6.20. The fourth-order valence-electron chi connectivity index (χ4n) is 1.83. The fourth-order valence-corrected chi connectivity index (χ4v) is 2.67. The molecule has 2 heteroatoms. The van der Waals surface area contributed by atoms with E-state index in [2.05, 4.69) is 58.6 Å². The molecule has 0 fully saturated rings. The number of aryl methyl sites for hydroxylation is 2. The predicted octanol–water partition coefficient (Wildman–Crippen LogP) is 3.42. The van der Waals surface area contributed by atoms with E-state index in [1.165, 1.54) is 0 Å². The Morgan fingerprint density at radius 3 is 2.38 bits per heavy atom. The third-order valence-electron chi connectivity index (χ3n) is 2.53. The average Bonchev–Trinajstić information content (AvgIpc) is 2.90. The minimum Gasteiger partial charge on any atom is -0.258 e. The Bertz CT molecular complexity index is 870. The summed E-state index contributed by atoms with van der Waals surface area (Å²) in [5, 5.41) is 2.02. The Balaban J connectivity index is 2.33. The molecule has 0 N–H and O–H groups in total. The molecular weight excluding hydrogens is 274 g/mol. The third-order valence-corrected chi connectivity index (χ3v) is 3.49. The highest BCUT2D eigenvalue weighted by Gasteiger charge is 2.06. The van der Waals surface area contributed by atoms with Crippen molar-refractivity contribution in [1.82, 2.24) is 4.98 Å². The lowest BCUT2D eigenvalue weighted by molar-refractivity contribution is 1.13. The second-order valence-corrected chi connectivity index (χ2v) is 5.11. The van der Waals surface area contributed by atoms with E-state index in [-0.39, 0.29) is 0 Å². The van der Waals surface area contributed by atoms with Gasteiger partial charge in [0.25, 0.3) is 0 Å². The largest absolute Gasteiger partial charge is 0.258 e. The second-order valence-electron chi connectivity index (χ2n) is 4.20. The summed E-state index contributed by atoms with van der Waals surface area (Å²) in [6.07, 6.45) is 5.00. The van der Waals surface area contributed by atoms with Crippen molar-refractivity contribution in [2.24, 2.45) is 0 Å². The van der Waals surface area contributed by atoms with Crippen molar-refractivity contribution in [3.63, 3.8) is 0 Å². The van der Waals surface area contributed by atoms with Gasteiger partial charge in [0.15, 0.2) is 0 Å². The van der Waals surface area contributed by atoms with E-state index in [9.17, 15) is 0 Å². The fraction of sp³-hybridized carbons (Fsp3) is 0.105. The SMILES string of the molecule is C#CC#CC#CC#Cc1ccsc1-c1cc(C)nc(C)c1. The first kappa shape index (κ1) is 14.5. The molecule has 2 aromatic heterocycles. The Hall–Kier alpha value is -2.91. The first-order chi connectivity index (χ1) is 10.2. The van der Waals surface area contributed by atoms with Gasteiger partial charge >= 0.3 is 0 Å². The van der Waals surface area contributed by atoms with Crippen molar-refractivity contribution in [2.75, 3.05) is 0 Å². The highest BCUT2D eigenvalue weighted by atomic mass is 32.1. The Morgan fingerprint density at radius 1 is 1.00 bits per heavy atom. The van der Waals surface area contributed by atoms with Crippen LogP contribution in [0.5, 0.6) is 0 Å². The molecule has 0 atom stereocenters. The Labute approximate surface area is 129 Å². The number of hydrogen-bond acceptors (Lipinski definition) is 2. The molecule has 1 nitrogen and oxygen atoms in total. The maximum Gasteiger partial charge on any atom is 0.0500 e. The molecule has 0 aliphatic rings. The van der Waals surface area contributed by atoms with Crippen LogP contribution in [0.3, 0.4) is 0 Å². The predicted molar refractivity (Wildman–Crippen MR) is 88.3 cm³/mol. The van der Waals surface area contributed by atoms with Crippen LogP contribution in [0.1, 0.15) is 17.0 Å². The van der Waals surface area contributed by atoms with E-state index in [0.717, 1.165) is 27.4 Å². The summed E-state index contributed by atoms with van der Waals surface area (Å²) >= 11 is 1.66. The molecule has 2 heterocycles. The Morgan fingerprint density at radius 2 is 1.67 bits per heavy atom. The van der Waals surface area contributed by atoms with E-state index in [1.54, 1.807) is 11.3 Å². The zero-order valence-corrected chi connectivity index (χ0v) is 12.6. The quantitative estimate of drug-likeness (QED) is 0.732. The van der Waals surface area contributed by atoms with E-state index < -0.39 is 0 Å². The molecule has 21 heavy (non-hydrogen) atoms. The molecule has 98 valence electrons. The maximum absolute atomic E-state index is 5.00. The number of thiophene rings is 1. The summed E-state index contributed by atoms with van der Waals surface area (Å²) in [6.45, 7) is 3.98. The van der Waals surface area contributed by atoms with Crippen molar-refractivity contribution in [3.8, 4) is 58.3 Å². The number of pyridine rings is 1. The molecule has 2 aromatic rings. The van der Waals surface area contributed by atoms with Crippen molar-refractivity contribution >= 4 is 11.3 Å². The van der Waals surface area contributed by atoms with E-state index in [0.29, 0.717) is 0 Å². The maximum atomic E-state index is 5.00. The lowest BCUT2D eigenvalue weighted by atomic mass is 10.1. The van der Waals surface area contributed by atoms with Gasteiger partial charge in [0.05, 0.1) is 4.88 Å². The van der Waals surface area contributed by atoms with Gasteiger partial charge in [-0.1, -0.05) is 5.92 Å². The lowest BCUT2D eigenvalue weighted by Gasteiger charge is -2.02. The second kappa shape index (κ2) is 7.03. The van der Waals surface area contributed by atoms with Crippen molar-refractivity contribution < 1.29 is 0 Å². The van der Waals surface area contributed by atoms with Crippen LogP contribution in [-0.4, -0.2) is 4.98 Å². The molecule has 0 aromatic carbocycles. The Kier molecular flexibility index (Phi) is 4.85. The minimum absolute atomic E-state index is 0.962. The average molecular weight is 285 g/mol. The first-order valence-corrected chi connectivity index (χ1v) is 7.08. The molecule has 0 radical (unpaired) electrons. The van der Waals surface area contributed by atoms with Gasteiger partial charge in [-0.05, 0) is 78.5 Å². The molecule has 0 aliphatic carbocycles. The normalized spacial score (nSPS) is 8.24. The molecule has 0 unspecified atom stereocenters. The lowest BCUT2D eigenvalue weighted by Crippen LogP contribution is -1.87. The topological polar surface area (TPSA) is 12.9 Å². The molecular formula is C19H11NS. The standard InChI is InChI=1S/C19H11NS/c1-4-5-6-7-8-9-10-17-11-12-21-19(17)18-13-15(2)20-16(3)14-18/h1,11-14H,2-3H3. The molecule has 0 saturated heterocycles. The van der Waals surface area contributed by atoms with Gasteiger partial charge in [0.2, 0.25) is 0 Å². The van der Waals surface area contributed by atoms with Crippen LogP contribution in [-0.2, 0) is 0 Å². The summed E-state index contributed by atoms with van der Waals surface area (Å²) in [6, 6.07) is 6.12. The third kappa shape index (κ3) is 4.03. The minimum atomic E-state index is 0.962. The highest BCUT2D eigenvalue weighted by Crippen LogP contribution is 2.29. The summed E-state index contributed by atoms with van der Waals surface area (Å²) in [5.41, 5.74) is 4.10. The van der Waals surface area contributed by atoms with Crippen LogP contribution < -0.4 is 0 Å². The van der Waals surface area contributed by atoms with Gasteiger partial charge in [-0.25, -0.2) is 0 Å². The summed E-state index contributed by atoms with van der Waals surface area (Å²) in [4.78, 5) is 5.52. The highest BCUT2D eigenvalue weighted by molar-refractivity contribution is 7.13. The molecule has 0 amide bonds. The van der Waals surface area contributed by atoms with Crippen LogP contribution >= 0.6 is 11.3 Å². The van der Waals surface area contributed by atoms with Crippen molar-refractivity contribution in [3.05, 3.63) is 40.5 Å². The molecule has 0 spiro atoms. The van der Waals surface area contributed by atoms with Gasteiger partial charge in [-0.2, -0.15) is 0 Å². The zero-order chi connectivity index (χ0) is 15.1. The van der Waals surface area contributed by atoms with Crippen LogP contribution in [0.15, 0.2) is 23.6 Å². The van der Waals surface area contributed by atoms with Crippen molar-refractivity contribution in [1.29, 1.82) is 0 Å². The van der Waals surface area contributed by atoms with Crippen LogP contribution in [0, 0.1) is 61.7 Å².